The highest BCUT2D eigenvalue weighted by Gasteiger charge is 2.07. The molecule has 0 bridgehead atoms. The molecule has 2 heteroatoms. The molecule has 0 radical (unpaired) electrons. The molecule has 0 aromatic heterocycles. The number of rotatable bonds is 4. The summed E-state index contributed by atoms with van der Waals surface area (Å²) in [7, 11) is 1.65. The first-order chi connectivity index (χ1) is 6.79. The fraction of sp³-hybridized carbons (Fsp3) is 0.250. The van der Waals surface area contributed by atoms with E-state index in [0.29, 0.717) is 0 Å². The van der Waals surface area contributed by atoms with E-state index >= 15 is 0 Å². The second-order valence-corrected chi connectivity index (χ2v) is 3.06. The fourth-order valence-corrected chi connectivity index (χ4v) is 1.35. The minimum absolute atomic E-state index is 0.0235. The van der Waals surface area contributed by atoms with Crippen LogP contribution in [0.4, 0.5) is 0 Å². The lowest BCUT2D eigenvalue weighted by Crippen LogP contribution is -2.19. The van der Waals surface area contributed by atoms with E-state index in [0.717, 1.165) is 24.0 Å². The Labute approximate surface area is 84.6 Å². The van der Waals surface area contributed by atoms with Crippen LogP contribution in [0.1, 0.15) is 22.3 Å². The Kier molecular flexibility index (Phi) is 3.92. The highest BCUT2D eigenvalue weighted by Crippen LogP contribution is 2.10. The maximum atomic E-state index is 11.5. The maximum absolute atomic E-state index is 11.5. The van der Waals surface area contributed by atoms with Crippen molar-refractivity contribution in [1.29, 1.82) is 0 Å². The summed E-state index contributed by atoms with van der Waals surface area (Å²) in [6.07, 6.45) is 3.63. The first-order valence-electron chi connectivity index (χ1n) is 4.70. The van der Waals surface area contributed by atoms with Crippen molar-refractivity contribution < 1.29 is 4.79 Å². The zero-order valence-electron chi connectivity index (χ0n) is 8.42. The molecule has 1 rings (SSSR count). The van der Waals surface area contributed by atoms with E-state index in [9.17, 15) is 4.79 Å². The van der Waals surface area contributed by atoms with Crippen molar-refractivity contribution in [2.75, 3.05) is 7.05 Å². The second kappa shape index (κ2) is 5.22. The van der Waals surface area contributed by atoms with E-state index < -0.39 is 0 Å². The van der Waals surface area contributed by atoms with Gasteiger partial charge in [-0.05, 0) is 24.5 Å². The smallest absolute Gasteiger partial charge is 0.251 e. The molecule has 0 saturated carbocycles. The molecule has 0 aliphatic heterocycles. The Balaban J connectivity index is 2.90. The molecular weight excluding hydrogens is 174 g/mol. The van der Waals surface area contributed by atoms with Crippen molar-refractivity contribution in [2.45, 2.75) is 12.8 Å². The predicted molar refractivity (Wildman–Crippen MR) is 58.4 cm³/mol. The van der Waals surface area contributed by atoms with E-state index in [4.69, 9.17) is 0 Å². The molecule has 0 spiro atoms. The standard InChI is InChI=1S/C12H15NO/c1-3-4-7-10-8-5-6-9-11(10)12(14)13-2/h3,5-6,8-9H,1,4,7H2,2H3,(H,13,14). The first kappa shape index (κ1) is 10.5. The third kappa shape index (κ3) is 2.46. The Morgan fingerprint density at radius 3 is 2.86 bits per heavy atom. The summed E-state index contributed by atoms with van der Waals surface area (Å²) in [5, 5.41) is 2.63. The molecule has 14 heavy (non-hydrogen) atoms. The van der Waals surface area contributed by atoms with E-state index in [2.05, 4.69) is 11.9 Å². The predicted octanol–water partition coefficient (Wildman–Crippen LogP) is 2.16. The lowest BCUT2D eigenvalue weighted by atomic mass is 10.0. The van der Waals surface area contributed by atoms with Gasteiger partial charge in [-0.15, -0.1) is 6.58 Å². The largest absolute Gasteiger partial charge is 0.355 e. The highest BCUT2D eigenvalue weighted by atomic mass is 16.1. The molecule has 2 nitrogen and oxygen atoms in total. The molecule has 0 heterocycles. The van der Waals surface area contributed by atoms with Crippen LogP contribution in [0.3, 0.4) is 0 Å². The van der Waals surface area contributed by atoms with Gasteiger partial charge in [-0.1, -0.05) is 24.3 Å². The number of carbonyl (C=O) groups is 1. The van der Waals surface area contributed by atoms with Crippen molar-refractivity contribution in [3.05, 3.63) is 48.0 Å². The van der Waals surface area contributed by atoms with Gasteiger partial charge in [-0.25, -0.2) is 0 Å². The molecular formula is C12H15NO. The Bertz CT molecular complexity index is 331. The van der Waals surface area contributed by atoms with Gasteiger partial charge in [0.15, 0.2) is 0 Å². The third-order valence-corrected chi connectivity index (χ3v) is 2.11. The lowest BCUT2D eigenvalue weighted by molar-refractivity contribution is 0.0962. The Morgan fingerprint density at radius 1 is 1.50 bits per heavy atom. The summed E-state index contributed by atoms with van der Waals surface area (Å²) in [6.45, 7) is 3.67. The van der Waals surface area contributed by atoms with Crippen LogP contribution >= 0.6 is 0 Å². The van der Waals surface area contributed by atoms with Crippen LogP contribution in [0.25, 0.3) is 0 Å². The number of nitrogens with one attached hydrogen (secondary N) is 1. The average molecular weight is 189 g/mol. The molecule has 1 aromatic carbocycles. The monoisotopic (exact) mass is 189 g/mol. The maximum Gasteiger partial charge on any atom is 0.251 e. The van der Waals surface area contributed by atoms with E-state index in [-0.39, 0.29) is 5.91 Å². The average Bonchev–Trinajstić information content (AvgIpc) is 2.25. The summed E-state index contributed by atoms with van der Waals surface area (Å²) in [5.41, 5.74) is 1.84. The molecule has 0 fully saturated rings. The van der Waals surface area contributed by atoms with Gasteiger partial charge in [-0.2, -0.15) is 0 Å². The normalized spacial score (nSPS) is 9.50. The zero-order chi connectivity index (χ0) is 10.4. The van der Waals surface area contributed by atoms with Crippen LogP contribution in [0, 0.1) is 0 Å². The van der Waals surface area contributed by atoms with Crippen molar-refractivity contribution in [3.8, 4) is 0 Å². The van der Waals surface area contributed by atoms with Crippen molar-refractivity contribution >= 4 is 5.91 Å². The number of amides is 1. The molecule has 1 aromatic rings. The highest BCUT2D eigenvalue weighted by molar-refractivity contribution is 5.95. The minimum atomic E-state index is -0.0235. The van der Waals surface area contributed by atoms with E-state index in [1.54, 1.807) is 7.05 Å². The molecule has 0 saturated heterocycles. The Morgan fingerprint density at radius 2 is 2.21 bits per heavy atom. The number of hydrogen-bond acceptors (Lipinski definition) is 1. The topological polar surface area (TPSA) is 29.1 Å². The summed E-state index contributed by atoms with van der Waals surface area (Å²) < 4.78 is 0. The molecule has 1 N–H and O–H groups in total. The third-order valence-electron chi connectivity index (χ3n) is 2.11. The van der Waals surface area contributed by atoms with Gasteiger partial charge >= 0.3 is 0 Å². The fourth-order valence-electron chi connectivity index (χ4n) is 1.35. The summed E-state index contributed by atoms with van der Waals surface area (Å²) in [5.74, 6) is -0.0235. The summed E-state index contributed by atoms with van der Waals surface area (Å²) >= 11 is 0. The van der Waals surface area contributed by atoms with Gasteiger partial charge in [0, 0.05) is 12.6 Å². The molecule has 74 valence electrons. The number of carbonyl (C=O) groups excluding carboxylic acids is 1. The SMILES string of the molecule is C=CCCc1ccccc1C(=O)NC. The van der Waals surface area contributed by atoms with Crippen LogP contribution in [0.2, 0.25) is 0 Å². The quantitative estimate of drug-likeness (QED) is 0.722. The molecule has 0 aliphatic rings. The first-order valence-corrected chi connectivity index (χ1v) is 4.70. The van der Waals surface area contributed by atoms with Crippen molar-refractivity contribution in [1.82, 2.24) is 5.32 Å². The summed E-state index contributed by atoms with van der Waals surface area (Å²) in [6, 6.07) is 7.65. The van der Waals surface area contributed by atoms with Crippen molar-refractivity contribution in [2.24, 2.45) is 0 Å². The Hall–Kier alpha value is -1.57. The minimum Gasteiger partial charge on any atom is -0.355 e. The molecule has 0 aliphatic carbocycles. The van der Waals surface area contributed by atoms with Gasteiger partial charge in [0.05, 0.1) is 0 Å². The van der Waals surface area contributed by atoms with Gasteiger partial charge in [0.25, 0.3) is 5.91 Å². The van der Waals surface area contributed by atoms with Crippen LogP contribution in [-0.2, 0) is 6.42 Å². The van der Waals surface area contributed by atoms with Crippen molar-refractivity contribution in [3.63, 3.8) is 0 Å². The van der Waals surface area contributed by atoms with E-state index in [1.165, 1.54) is 0 Å². The van der Waals surface area contributed by atoms with Gasteiger partial charge in [-0.3, -0.25) is 4.79 Å². The van der Waals surface area contributed by atoms with Gasteiger partial charge < -0.3 is 5.32 Å². The van der Waals surface area contributed by atoms with Crippen LogP contribution < -0.4 is 5.32 Å². The number of aryl methyl sites for hydroxylation is 1. The number of hydrogen-bond donors (Lipinski definition) is 1. The second-order valence-electron chi connectivity index (χ2n) is 3.06. The van der Waals surface area contributed by atoms with Crippen LogP contribution in [0.5, 0.6) is 0 Å². The molecule has 1 amide bonds. The van der Waals surface area contributed by atoms with Gasteiger partial charge in [0.2, 0.25) is 0 Å². The van der Waals surface area contributed by atoms with Crippen LogP contribution in [-0.4, -0.2) is 13.0 Å². The zero-order valence-corrected chi connectivity index (χ0v) is 8.42. The lowest BCUT2D eigenvalue weighted by Gasteiger charge is -2.06. The number of benzene rings is 1. The van der Waals surface area contributed by atoms with Gasteiger partial charge in [0.1, 0.15) is 0 Å². The van der Waals surface area contributed by atoms with E-state index in [1.807, 2.05) is 30.3 Å². The molecule has 0 unspecified atom stereocenters. The van der Waals surface area contributed by atoms with Crippen LogP contribution in [0.15, 0.2) is 36.9 Å². The summed E-state index contributed by atoms with van der Waals surface area (Å²) in [4.78, 5) is 11.5. The molecule has 0 atom stereocenters. The number of allylic oxidation sites excluding steroid dienone is 1.